The Hall–Kier alpha value is -3.88. The third-order valence-corrected chi connectivity index (χ3v) is 4.05. The first-order chi connectivity index (χ1) is 13.1. The molecule has 4 rings (SSSR count). The molecule has 0 aliphatic heterocycles. The van der Waals surface area contributed by atoms with E-state index in [1.165, 1.54) is 6.33 Å². The predicted molar refractivity (Wildman–Crippen MR) is 93.1 cm³/mol. The van der Waals surface area contributed by atoms with Gasteiger partial charge in [0.1, 0.15) is 0 Å². The van der Waals surface area contributed by atoms with Crippen molar-refractivity contribution < 1.29 is 14.4 Å². The van der Waals surface area contributed by atoms with Crippen LogP contribution in [0.2, 0.25) is 0 Å². The van der Waals surface area contributed by atoms with Crippen molar-refractivity contribution in [1.82, 2.24) is 24.9 Å². The van der Waals surface area contributed by atoms with E-state index in [2.05, 4.69) is 20.2 Å². The van der Waals surface area contributed by atoms with Gasteiger partial charge in [-0.1, -0.05) is 29.4 Å². The molecule has 1 unspecified atom stereocenters. The van der Waals surface area contributed by atoms with Crippen molar-refractivity contribution in [3.05, 3.63) is 82.6 Å². The van der Waals surface area contributed by atoms with Crippen LogP contribution in [0.15, 0.2) is 64.3 Å². The topological polar surface area (TPSA) is 124 Å². The predicted octanol–water partition coefficient (Wildman–Crippen LogP) is 1.44. The first-order valence-electron chi connectivity index (χ1n) is 8.05. The molecular formula is C18H13N5O4. The standard InChI is InChI=1S/C18H13N5O4/c24-15(25)9-14-11-5-1-2-6-12(11)18(26)23(22-14)16(17-20-10-21-27-17)13-7-3-4-8-19-13/h1-8,10,16H,9H2,(H,24,25). The first kappa shape index (κ1) is 16.6. The fourth-order valence-corrected chi connectivity index (χ4v) is 2.92. The van der Waals surface area contributed by atoms with E-state index in [-0.39, 0.29) is 18.0 Å². The number of fused-ring (bicyclic) bond motifs is 1. The number of pyridine rings is 1. The summed E-state index contributed by atoms with van der Waals surface area (Å²) in [4.78, 5) is 32.7. The lowest BCUT2D eigenvalue weighted by Crippen LogP contribution is -2.31. The summed E-state index contributed by atoms with van der Waals surface area (Å²) in [5.74, 6) is -0.926. The van der Waals surface area contributed by atoms with Gasteiger partial charge in [-0.15, -0.1) is 0 Å². The summed E-state index contributed by atoms with van der Waals surface area (Å²) in [6.07, 6.45) is 2.46. The lowest BCUT2D eigenvalue weighted by molar-refractivity contribution is -0.136. The molecule has 0 aliphatic rings. The Balaban J connectivity index is 2.02. The Labute approximate surface area is 151 Å². The van der Waals surface area contributed by atoms with Crippen LogP contribution in [0.4, 0.5) is 0 Å². The van der Waals surface area contributed by atoms with E-state index in [4.69, 9.17) is 4.52 Å². The van der Waals surface area contributed by atoms with Crippen LogP contribution in [-0.2, 0) is 11.2 Å². The summed E-state index contributed by atoms with van der Waals surface area (Å²) in [7, 11) is 0. The van der Waals surface area contributed by atoms with E-state index in [9.17, 15) is 14.7 Å². The molecule has 3 heterocycles. The Kier molecular flexibility index (Phi) is 4.17. The number of hydrogen-bond donors (Lipinski definition) is 1. The lowest BCUT2D eigenvalue weighted by Gasteiger charge is -2.16. The minimum atomic E-state index is -1.05. The van der Waals surface area contributed by atoms with Gasteiger partial charge >= 0.3 is 5.97 Å². The second-order valence-corrected chi connectivity index (χ2v) is 5.75. The lowest BCUT2D eigenvalue weighted by atomic mass is 10.1. The second-order valence-electron chi connectivity index (χ2n) is 5.75. The molecule has 0 aliphatic carbocycles. The number of carbonyl (C=O) groups is 1. The van der Waals surface area contributed by atoms with Gasteiger partial charge in [-0.25, -0.2) is 4.68 Å². The molecule has 0 spiro atoms. The zero-order chi connectivity index (χ0) is 18.8. The van der Waals surface area contributed by atoms with Crippen LogP contribution in [0.25, 0.3) is 10.8 Å². The van der Waals surface area contributed by atoms with Gasteiger partial charge in [0.05, 0.1) is 23.2 Å². The van der Waals surface area contributed by atoms with E-state index in [1.807, 2.05) is 0 Å². The molecule has 0 saturated carbocycles. The highest BCUT2D eigenvalue weighted by Gasteiger charge is 2.27. The molecule has 9 heteroatoms. The largest absolute Gasteiger partial charge is 0.481 e. The van der Waals surface area contributed by atoms with Gasteiger partial charge in [-0.2, -0.15) is 10.1 Å². The van der Waals surface area contributed by atoms with E-state index in [0.717, 1.165) is 4.68 Å². The quantitative estimate of drug-likeness (QED) is 0.565. The summed E-state index contributed by atoms with van der Waals surface area (Å²) in [5, 5.41) is 18.0. The van der Waals surface area contributed by atoms with E-state index >= 15 is 0 Å². The monoisotopic (exact) mass is 363 g/mol. The average Bonchev–Trinajstić information content (AvgIpc) is 3.20. The van der Waals surface area contributed by atoms with Crippen LogP contribution in [-0.4, -0.2) is 36.0 Å². The maximum absolute atomic E-state index is 13.1. The second kappa shape index (κ2) is 6.79. The average molecular weight is 363 g/mol. The fraction of sp³-hybridized carbons (Fsp3) is 0.111. The first-order valence-corrected chi connectivity index (χ1v) is 8.05. The van der Waals surface area contributed by atoms with Crippen molar-refractivity contribution in [2.45, 2.75) is 12.5 Å². The molecule has 0 amide bonds. The van der Waals surface area contributed by atoms with Gasteiger partial charge in [-0.3, -0.25) is 14.6 Å². The summed E-state index contributed by atoms with van der Waals surface area (Å²) < 4.78 is 6.32. The van der Waals surface area contributed by atoms with Gasteiger partial charge in [0, 0.05) is 11.6 Å². The van der Waals surface area contributed by atoms with Crippen molar-refractivity contribution in [3.63, 3.8) is 0 Å². The third-order valence-electron chi connectivity index (χ3n) is 4.05. The molecule has 1 aromatic carbocycles. The van der Waals surface area contributed by atoms with E-state index in [0.29, 0.717) is 16.5 Å². The van der Waals surface area contributed by atoms with Crippen LogP contribution >= 0.6 is 0 Å². The summed E-state index contributed by atoms with van der Waals surface area (Å²) >= 11 is 0. The number of rotatable bonds is 5. The van der Waals surface area contributed by atoms with Crippen LogP contribution in [0.3, 0.4) is 0 Å². The SMILES string of the molecule is O=C(O)Cc1nn(C(c2ccccn2)c2ncno2)c(=O)c2ccccc12. The maximum atomic E-state index is 13.1. The molecule has 3 aromatic heterocycles. The normalized spacial score (nSPS) is 12.1. The molecule has 1 N–H and O–H groups in total. The van der Waals surface area contributed by atoms with Crippen LogP contribution in [0.1, 0.15) is 23.3 Å². The summed E-state index contributed by atoms with van der Waals surface area (Å²) in [5.41, 5.74) is 0.319. The smallest absolute Gasteiger partial charge is 0.309 e. The molecule has 27 heavy (non-hydrogen) atoms. The molecule has 0 bridgehead atoms. The number of nitrogens with zero attached hydrogens (tertiary/aromatic N) is 5. The van der Waals surface area contributed by atoms with Gasteiger partial charge in [-0.05, 0) is 18.2 Å². The Morgan fingerprint density at radius 2 is 1.89 bits per heavy atom. The van der Waals surface area contributed by atoms with Crippen molar-refractivity contribution >= 4 is 16.7 Å². The van der Waals surface area contributed by atoms with Crippen molar-refractivity contribution in [2.24, 2.45) is 0 Å². The molecular weight excluding hydrogens is 350 g/mol. The van der Waals surface area contributed by atoms with Gasteiger partial charge in [0.15, 0.2) is 12.4 Å². The number of carboxylic acid groups (broad SMARTS) is 1. The highest BCUT2D eigenvalue weighted by Crippen LogP contribution is 2.23. The van der Waals surface area contributed by atoms with Gasteiger partial charge in [0.2, 0.25) is 0 Å². The Bertz CT molecular complexity index is 1160. The molecule has 0 fully saturated rings. The third kappa shape index (κ3) is 3.06. The highest BCUT2D eigenvalue weighted by molar-refractivity contribution is 5.86. The molecule has 9 nitrogen and oxygen atoms in total. The van der Waals surface area contributed by atoms with Gasteiger partial charge < -0.3 is 9.63 Å². The minimum absolute atomic E-state index is 0.125. The van der Waals surface area contributed by atoms with Crippen LogP contribution in [0, 0.1) is 0 Å². The van der Waals surface area contributed by atoms with Gasteiger partial charge in [0.25, 0.3) is 11.4 Å². The Morgan fingerprint density at radius 3 is 2.56 bits per heavy atom. The van der Waals surface area contributed by atoms with E-state index < -0.39 is 17.6 Å². The van der Waals surface area contributed by atoms with Crippen LogP contribution in [0.5, 0.6) is 0 Å². The van der Waals surface area contributed by atoms with E-state index in [1.54, 1.807) is 48.7 Å². The molecule has 1 atom stereocenters. The Morgan fingerprint density at radius 1 is 1.11 bits per heavy atom. The highest BCUT2D eigenvalue weighted by atomic mass is 16.5. The summed E-state index contributed by atoms with van der Waals surface area (Å²) in [6.45, 7) is 0. The minimum Gasteiger partial charge on any atom is -0.481 e. The van der Waals surface area contributed by atoms with Crippen molar-refractivity contribution in [1.29, 1.82) is 0 Å². The number of benzene rings is 1. The molecule has 0 radical (unpaired) electrons. The van der Waals surface area contributed by atoms with Crippen molar-refractivity contribution in [3.8, 4) is 0 Å². The number of aliphatic carboxylic acids is 1. The van der Waals surface area contributed by atoms with Crippen LogP contribution < -0.4 is 5.56 Å². The number of aromatic nitrogens is 5. The fourth-order valence-electron chi connectivity index (χ4n) is 2.92. The molecule has 0 saturated heterocycles. The zero-order valence-electron chi connectivity index (χ0n) is 13.9. The molecule has 134 valence electrons. The number of carboxylic acids is 1. The molecule has 4 aromatic rings. The van der Waals surface area contributed by atoms with Crippen molar-refractivity contribution in [2.75, 3.05) is 0 Å². The summed E-state index contributed by atoms with van der Waals surface area (Å²) in [6, 6.07) is 11.1. The number of hydrogen-bond acceptors (Lipinski definition) is 7. The zero-order valence-corrected chi connectivity index (χ0v) is 13.9. The maximum Gasteiger partial charge on any atom is 0.309 e.